The van der Waals surface area contributed by atoms with Crippen molar-refractivity contribution in [2.75, 3.05) is 13.2 Å². The lowest BCUT2D eigenvalue weighted by atomic mass is 9.94. The van der Waals surface area contributed by atoms with Crippen molar-refractivity contribution in [3.63, 3.8) is 0 Å². The number of fused-ring (bicyclic) bond motifs is 1. The molecule has 1 saturated heterocycles. The summed E-state index contributed by atoms with van der Waals surface area (Å²) in [5.41, 5.74) is 2.32. The van der Waals surface area contributed by atoms with Crippen LogP contribution in [0, 0.1) is 0 Å². The Balaban J connectivity index is 1.48. The first-order valence-electron chi connectivity index (χ1n) is 13.2. The molecule has 198 valence electrons. The number of carbonyl (C=O) groups is 2. The topological polar surface area (TPSA) is 93.9 Å². The molecule has 0 unspecified atom stereocenters. The number of rotatable bonds is 10. The maximum atomic E-state index is 13.4. The third kappa shape index (κ3) is 5.16. The minimum absolute atomic E-state index is 0.0570. The van der Waals surface area contributed by atoms with Crippen molar-refractivity contribution in [2.45, 2.75) is 58.2 Å². The lowest BCUT2D eigenvalue weighted by Gasteiger charge is -2.25. The van der Waals surface area contributed by atoms with Crippen LogP contribution in [0.4, 0.5) is 0 Å². The molecule has 2 aliphatic rings. The highest BCUT2D eigenvalue weighted by molar-refractivity contribution is 6.46. The average Bonchev–Trinajstić information content (AvgIpc) is 3.63. The van der Waals surface area contributed by atoms with E-state index in [-0.39, 0.29) is 17.4 Å². The van der Waals surface area contributed by atoms with Gasteiger partial charge in [-0.1, -0.05) is 25.5 Å². The van der Waals surface area contributed by atoms with Crippen LogP contribution < -0.4 is 9.47 Å². The van der Waals surface area contributed by atoms with Crippen molar-refractivity contribution >= 4 is 17.4 Å². The van der Waals surface area contributed by atoms with Crippen LogP contribution in [0.25, 0.3) is 5.76 Å². The number of aryl methyl sites for hydroxylation is 1. The molecule has 2 aliphatic heterocycles. The van der Waals surface area contributed by atoms with Gasteiger partial charge in [0.05, 0.1) is 24.5 Å². The molecule has 1 fully saturated rings. The molecule has 2 aromatic carbocycles. The van der Waals surface area contributed by atoms with E-state index < -0.39 is 17.7 Å². The molecule has 38 heavy (non-hydrogen) atoms. The van der Waals surface area contributed by atoms with Gasteiger partial charge in [-0.3, -0.25) is 9.59 Å². The molecule has 1 amide bonds. The number of amides is 1. The average molecular weight is 516 g/mol. The second kappa shape index (κ2) is 11.1. The Morgan fingerprint density at radius 3 is 2.68 bits per heavy atom. The van der Waals surface area contributed by atoms with Gasteiger partial charge in [0.15, 0.2) is 0 Å². The van der Waals surface area contributed by atoms with Crippen LogP contribution in [0.15, 0.2) is 66.8 Å². The maximum absolute atomic E-state index is 13.4. The van der Waals surface area contributed by atoms with Crippen LogP contribution in [0.1, 0.15) is 55.8 Å². The number of nitrogens with zero attached hydrogens (tertiary/aromatic N) is 3. The van der Waals surface area contributed by atoms with Crippen molar-refractivity contribution in [3.05, 3.63) is 83.4 Å². The molecule has 1 N–H and O–H groups in total. The van der Waals surface area contributed by atoms with Gasteiger partial charge >= 0.3 is 0 Å². The first-order chi connectivity index (χ1) is 18.5. The number of likely N-dealkylation sites (tertiary alicyclic amines) is 1. The van der Waals surface area contributed by atoms with E-state index in [0.29, 0.717) is 31.7 Å². The van der Waals surface area contributed by atoms with Crippen molar-refractivity contribution in [1.29, 1.82) is 0 Å². The highest BCUT2D eigenvalue weighted by Gasteiger charge is 2.45. The minimum atomic E-state index is -0.703. The number of aliphatic hydroxyl groups excluding tert-OH is 1. The summed E-state index contributed by atoms with van der Waals surface area (Å²) in [6.45, 7) is 5.74. The highest BCUT2D eigenvalue weighted by atomic mass is 16.5. The van der Waals surface area contributed by atoms with Gasteiger partial charge in [-0.2, -0.15) is 0 Å². The number of Topliss-reactive ketones (excluding diaryl/α,β-unsaturated/α-hetero) is 1. The fraction of sp³-hybridized carbons (Fsp3) is 0.367. The van der Waals surface area contributed by atoms with Crippen molar-refractivity contribution in [3.8, 4) is 11.5 Å². The zero-order valence-corrected chi connectivity index (χ0v) is 21.8. The van der Waals surface area contributed by atoms with Gasteiger partial charge in [-0.15, -0.1) is 0 Å². The predicted molar refractivity (Wildman–Crippen MR) is 143 cm³/mol. The Bertz CT molecular complexity index is 1330. The second-order valence-electron chi connectivity index (χ2n) is 9.87. The van der Waals surface area contributed by atoms with Crippen LogP contribution >= 0.6 is 0 Å². The van der Waals surface area contributed by atoms with Gasteiger partial charge in [0.1, 0.15) is 23.4 Å². The lowest BCUT2D eigenvalue weighted by Crippen LogP contribution is -2.31. The summed E-state index contributed by atoms with van der Waals surface area (Å²) in [6.07, 6.45) is 8.71. The molecule has 8 heteroatoms. The number of ketones is 1. The molecule has 0 radical (unpaired) electrons. The molecule has 0 saturated carbocycles. The third-order valence-corrected chi connectivity index (χ3v) is 7.05. The minimum Gasteiger partial charge on any atom is -0.507 e. The van der Waals surface area contributed by atoms with E-state index in [1.165, 1.54) is 0 Å². The van der Waals surface area contributed by atoms with E-state index in [0.717, 1.165) is 41.9 Å². The Morgan fingerprint density at radius 1 is 1.13 bits per heavy atom. The Hall–Kier alpha value is -4.07. The maximum Gasteiger partial charge on any atom is 0.295 e. The number of ether oxygens (including phenoxy) is 2. The first kappa shape index (κ1) is 25.6. The molecule has 0 bridgehead atoms. The summed E-state index contributed by atoms with van der Waals surface area (Å²) in [4.78, 5) is 32.3. The summed E-state index contributed by atoms with van der Waals surface area (Å²) >= 11 is 0. The summed E-state index contributed by atoms with van der Waals surface area (Å²) < 4.78 is 13.5. The van der Waals surface area contributed by atoms with E-state index in [2.05, 4.69) is 11.9 Å². The fourth-order valence-corrected chi connectivity index (χ4v) is 5.11. The Kier molecular flexibility index (Phi) is 7.49. The number of carbonyl (C=O) groups excluding carboxylic acids is 2. The van der Waals surface area contributed by atoms with Gasteiger partial charge in [-0.05, 0) is 61.2 Å². The number of aliphatic hydroxyl groups is 1. The molecule has 3 heterocycles. The fourth-order valence-electron chi connectivity index (χ4n) is 5.11. The Morgan fingerprint density at radius 2 is 1.95 bits per heavy atom. The van der Waals surface area contributed by atoms with Crippen LogP contribution in [-0.4, -0.2) is 50.5 Å². The highest BCUT2D eigenvalue weighted by Crippen LogP contribution is 2.41. The third-order valence-electron chi connectivity index (χ3n) is 7.05. The van der Waals surface area contributed by atoms with Crippen LogP contribution in [0.3, 0.4) is 0 Å². The smallest absolute Gasteiger partial charge is 0.295 e. The number of aromatic nitrogens is 2. The molecule has 1 aromatic heterocycles. The summed E-state index contributed by atoms with van der Waals surface area (Å²) in [7, 11) is 0. The summed E-state index contributed by atoms with van der Waals surface area (Å²) in [5.74, 6) is 0.0550. The van der Waals surface area contributed by atoms with E-state index in [1.54, 1.807) is 23.5 Å². The van der Waals surface area contributed by atoms with Crippen molar-refractivity contribution < 1.29 is 24.2 Å². The van der Waals surface area contributed by atoms with Gasteiger partial charge in [-0.25, -0.2) is 4.98 Å². The molecule has 2 atom stereocenters. The standard InChI is InChI=1S/C30H33N3O5/c1-3-4-16-37-24-9-6-21(7-10-24)27-26(28(34)22-8-11-25-23(18-22)17-20(2)38-25)29(35)30(36)33(27)14-5-13-32-15-12-31-19-32/h6-12,15,18-20,27,34H,3-5,13-14,16-17H2,1-2H3/b28-26+/t20-,27-/m1/s1. The zero-order valence-electron chi connectivity index (χ0n) is 21.8. The molecule has 5 rings (SSSR count). The van der Waals surface area contributed by atoms with Gasteiger partial charge in [0.25, 0.3) is 11.7 Å². The summed E-state index contributed by atoms with van der Waals surface area (Å²) in [5, 5.41) is 11.4. The number of benzene rings is 2. The Labute approximate surface area is 222 Å². The number of hydrogen-bond donors (Lipinski definition) is 1. The number of hydrogen-bond acceptors (Lipinski definition) is 6. The number of imidazole rings is 1. The monoisotopic (exact) mass is 515 g/mol. The number of unbranched alkanes of at least 4 members (excludes halogenated alkanes) is 1. The largest absolute Gasteiger partial charge is 0.507 e. The molecular formula is C30H33N3O5. The zero-order chi connectivity index (χ0) is 26.6. The van der Waals surface area contributed by atoms with Gasteiger partial charge in [0, 0.05) is 37.5 Å². The lowest BCUT2D eigenvalue weighted by molar-refractivity contribution is -0.139. The quantitative estimate of drug-likeness (QED) is 0.179. The second-order valence-corrected chi connectivity index (χ2v) is 9.87. The first-order valence-corrected chi connectivity index (χ1v) is 13.2. The molecule has 0 spiro atoms. The van der Waals surface area contributed by atoms with Crippen LogP contribution in [-0.2, 0) is 22.6 Å². The van der Waals surface area contributed by atoms with E-state index in [1.807, 2.05) is 54.1 Å². The van der Waals surface area contributed by atoms with E-state index >= 15 is 0 Å². The van der Waals surface area contributed by atoms with E-state index in [9.17, 15) is 14.7 Å². The van der Waals surface area contributed by atoms with Gasteiger partial charge in [0.2, 0.25) is 0 Å². The van der Waals surface area contributed by atoms with Crippen molar-refractivity contribution in [1.82, 2.24) is 14.5 Å². The van der Waals surface area contributed by atoms with Crippen LogP contribution in [0.5, 0.6) is 11.5 Å². The van der Waals surface area contributed by atoms with Crippen molar-refractivity contribution in [2.24, 2.45) is 0 Å². The predicted octanol–water partition coefficient (Wildman–Crippen LogP) is 4.90. The molecule has 8 nitrogen and oxygen atoms in total. The SMILES string of the molecule is CCCCOc1ccc([C@@H]2/C(=C(\O)c3ccc4c(c3)C[C@@H](C)O4)C(=O)C(=O)N2CCCn2ccnc2)cc1. The molecular weight excluding hydrogens is 482 g/mol. The molecule has 3 aromatic rings. The van der Waals surface area contributed by atoms with Gasteiger partial charge < -0.3 is 24.0 Å². The van der Waals surface area contributed by atoms with Crippen LogP contribution in [0.2, 0.25) is 0 Å². The molecule has 0 aliphatic carbocycles. The summed E-state index contributed by atoms with van der Waals surface area (Å²) in [6, 6.07) is 12.1. The van der Waals surface area contributed by atoms with E-state index in [4.69, 9.17) is 9.47 Å². The normalized spacial score (nSPS) is 20.0.